The van der Waals surface area contributed by atoms with Crippen LogP contribution < -0.4 is 10.6 Å². The van der Waals surface area contributed by atoms with Gasteiger partial charge in [0.15, 0.2) is 0 Å². The van der Waals surface area contributed by atoms with Gasteiger partial charge in [0.2, 0.25) is 0 Å². The Morgan fingerprint density at radius 3 is 2.72 bits per heavy atom. The molecular weight excluding hydrogens is 430 g/mol. The van der Waals surface area contributed by atoms with E-state index in [9.17, 15) is 14.4 Å². The zero-order chi connectivity index (χ0) is 23.3. The number of hydrogen-bond acceptors (Lipinski definition) is 6. The van der Waals surface area contributed by atoms with Gasteiger partial charge in [-0.15, -0.1) is 0 Å². The van der Waals surface area contributed by atoms with Crippen LogP contribution in [0.2, 0.25) is 0 Å². The average Bonchev–Trinajstić information content (AvgIpc) is 3.30. The number of nitrogens with zero attached hydrogens (tertiary/aromatic N) is 3. The maximum atomic E-state index is 13.0. The van der Waals surface area contributed by atoms with E-state index >= 15 is 0 Å². The van der Waals surface area contributed by atoms with Crippen LogP contribution >= 0.6 is 11.3 Å². The van der Waals surface area contributed by atoms with Gasteiger partial charge in [0.05, 0.1) is 18.2 Å². The minimum atomic E-state index is -0.544. The van der Waals surface area contributed by atoms with Crippen molar-refractivity contribution >= 4 is 29.4 Å². The number of urea groups is 2. The van der Waals surface area contributed by atoms with Crippen LogP contribution in [-0.4, -0.2) is 85.2 Å². The molecule has 0 aliphatic carbocycles. The third kappa shape index (κ3) is 5.24. The van der Waals surface area contributed by atoms with Crippen LogP contribution in [0.25, 0.3) is 0 Å². The summed E-state index contributed by atoms with van der Waals surface area (Å²) in [6, 6.07) is 1.08. The van der Waals surface area contributed by atoms with Crippen molar-refractivity contribution in [3.05, 3.63) is 33.7 Å². The first-order valence-corrected chi connectivity index (χ1v) is 12.0. The highest BCUT2D eigenvalue weighted by Crippen LogP contribution is 2.32. The first-order chi connectivity index (χ1) is 15.4. The highest BCUT2D eigenvalue weighted by molar-refractivity contribution is 7.08. The molecule has 1 aromatic rings. The molecule has 0 bridgehead atoms. The number of carbonyl (C=O) groups is 3. The molecular formula is C22H33N5O4S. The molecule has 3 heterocycles. The van der Waals surface area contributed by atoms with Crippen LogP contribution in [0.1, 0.15) is 38.8 Å². The fraction of sp³-hybridized carbons (Fsp3) is 0.591. The monoisotopic (exact) mass is 463 g/mol. The predicted molar refractivity (Wildman–Crippen MR) is 123 cm³/mol. The van der Waals surface area contributed by atoms with Crippen molar-refractivity contribution in [1.82, 2.24) is 25.3 Å². The van der Waals surface area contributed by atoms with E-state index in [-0.39, 0.29) is 24.7 Å². The summed E-state index contributed by atoms with van der Waals surface area (Å²) in [6.07, 6.45) is 0.893. The first-order valence-electron chi connectivity index (χ1n) is 11.1. The summed E-state index contributed by atoms with van der Waals surface area (Å²) in [7, 11) is 1.67. The van der Waals surface area contributed by atoms with Crippen LogP contribution in [0.3, 0.4) is 0 Å². The minimum Gasteiger partial charge on any atom is -0.463 e. The van der Waals surface area contributed by atoms with Crippen molar-refractivity contribution in [2.45, 2.75) is 39.3 Å². The van der Waals surface area contributed by atoms with E-state index < -0.39 is 12.0 Å². The van der Waals surface area contributed by atoms with E-state index in [0.29, 0.717) is 44.0 Å². The molecule has 1 aromatic heterocycles. The molecule has 0 aromatic carbocycles. The molecule has 9 nitrogen and oxygen atoms in total. The van der Waals surface area contributed by atoms with E-state index in [4.69, 9.17) is 4.74 Å². The Hall–Kier alpha value is -2.59. The number of amides is 4. The molecule has 2 aliphatic heterocycles. The lowest BCUT2D eigenvalue weighted by molar-refractivity contribution is -0.139. The number of carbonyl (C=O) groups excluding carboxylic acids is 3. The van der Waals surface area contributed by atoms with Gasteiger partial charge in [0.25, 0.3) is 0 Å². The van der Waals surface area contributed by atoms with Crippen LogP contribution in [0, 0.1) is 0 Å². The molecule has 2 aliphatic rings. The number of piperazine rings is 1. The molecule has 32 heavy (non-hydrogen) atoms. The van der Waals surface area contributed by atoms with Crippen LogP contribution in [0.5, 0.6) is 0 Å². The molecule has 0 saturated carbocycles. The van der Waals surface area contributed by atoms with Crippen LogP contribution in [0.4, 0.5) is 9.59 Å². The topological polar surface area (TPSA) is 94.2 Å². The number of likely N-dealkylation sites (N-methyl/N-ethyl adjacent to an activating group) is 1. The Bertz CT molecular complexity index is 857. The average molecular weight is 464 g/mol. The lowest BCUT2D eigenvalue weighted by Crippen LogP contribution is -2.58. The van der Waals surface area contributed by atoms with Gasteiger partial charge in [0, 0.05) is 51.5 Å². The second-order valence-corrected chi connectivity index (χ2v) is 8.87. The van der Waals surface area contributed by atoms with Gasteiger partial charge in [0.1, 0.15) is 0 Å². The summed E-state index contributed by atoms with van der Waals surface area (Å²) >= 11 is 1.51. The number of thiophene rings is 1. The molecule has 3 rings (SSSR count). The molecule has 2 atom stereocenters. The maximum absolute atomic E-state index is 13.0. The smallest absolute Gasteiger partial charge is 0.338 e. The van der Waals surface area contributed by atoms with E-state index in [1.165, 1.54) is 16.2 Å². The highest BCUT2D eigenvalue weighted by atomic mass is 32.1. The molecule has 0 radical (unpaired) electrons. The van der Waals surface area contributed by atoms with E-state index in [1.54, 1.807) is 14.0 Å². The lowest BCUT2D eigenvalue weighted by atomic mass is 9.96. The van der Waals surface area contributed by atoms with E-state index in [1.807, 2.05) is 35.6 Å². The van der Waals surface area contributed by atoms with Gasteiger partial charge >= 0.3 is 18.0 Å². The fourth-order valence-electron chi connectivity index (χ4n) is 4.11. The number of rotatable bonds is 7. The number of hydrogen-bond donors (Lipinski definition) is 2. The van der Waals surface area contributed by atoms with Gasteiger partial charge in [-0.2, -0.15) is 11.3 Å². The Morgan fingerprint density at radius 1 is 1.31 bits per heavy atom. The molecule has 0 spiro atoms. The Labute approximate surface area is 193 Å². The van der Waals surface area contributed by atoms with Crippen molar-refractivity contribution in [3.63, 3.8) is 0 Å². The first kappa shape index (κ1) is 24.1. The third-order valence-electron chi connectivity index (χ3n) is 5.82. The molecule has 1 saturated heterocycles. The zero-order valence-corrected chi connectivity index (χ0v) is 20.0. The quantitative estimate of drug-likeness (QED) is 0.606. The SMILES string of the molecule is CCCNC(=O)N1CCN(CC2=C(C(=O)OCC)[C@H](c3ccsc3)NC(=O)N2C)C[C@@H]1C. The zero-order valence-electron chi connectivity index (χ0n) is 19.2. The molecule has 176 valence electrons. The summed E-state index contributed by atoms with van der Waals surface area (Å²) in [6.45, 7) is 9.04. The van der Waals surface area contributed by atoms with Crippen molar-refractivity contribution in [2.75, 3.05) is 46.4 Å². The maximum Gasteiger partial charge on any atom is 0.338 e. The number of esters is 1. The Kier molecular flexibility index (Phi) is 8.14. The van der Waals surface area contributed by atoms with Crippen molar-refractivity contribution in [1.29, 1.82) is 0 Å². The van der Waals surface area contributed by atoms with Crippen LogP contribution in [0.15, 0.2) is 28.1 Å². The summed E-state index contributed by atoms with van der Waals surface area (Å²) in [5, 5.41) is 9.72. The summed E-state index contributed by atoms with van der Waals surface area (Å²) < 4.78 is 5.37. The van der Waals surface area contributed by atoms with Crippen LogP contribution in [-0.2, 0) is 9.53 Å². The van der Waals surface area contributed by atoms with Crippen molar-refractivity contribution < 1.29 is 19.1 Å². The molecule has 2 N–H and O–H groups in total. The normalized spacial score (nSPS) is 22.1. The highest BCUT2D eigenvalue weighted by Gasteiger charge is 2.38. The van der Waals surface area contributed by atoms with Gasteiger partial charge in [-0.3, -0.25) is 9.80 Å². The van der Waals surface area contributed by atoms with Crippen molar-refractivity contribution in [2.24, 2.45) is 0 Å². The molecule has 10 heteroatoms. The molecule has 1 fully saturated rings. The summed E-state index contributed by atoms with van der Waals surface area (Å²) in [4.78, 5) is 43.7. The van der Waals surface area contributed by atoms with E-state index in [2.05, 4.69) is 15.5 Å². The van der Waals surface area contributed by atoms with E-state index in [0.717, 1.165) is 12.0 Å². The molecule has 4 amide bonds. The van der Waals surface area contributed by atoms with Gasteiger partial charge < -0.3 is 20.3 Å². The minimum absolute atomic E-state index is 0.0163. The standard InChI is InChI=1S/C22H33N5O4S/c1-5-8-23-21(29)27-10-9-26(12-15(27)3)13-17-18(20(28)31-6-2)19(16-7-11-32-14-16)24-22(30)25(17)4/h7,11,14-15,19H,5-6,8-10,12-13H2,1-4H3,(H,23,29)(H,24,30)/t15-,19-/m0/s1. The number of nitrogens with one attached hydrogen (secondary N) is 2. The second kappa shape index (κ2) is 10.8. The Morgan fingerprint density at radius 2 is 2.09 bits per heavy atom. The third-order valence-corrected chi connectivity index (χ3v) is 6.52. The largest absolute Gasteiger partial charge is 0.463 e. The number of ether oxygens (including phenoxy) is 1. The molecule has 0 unspecified atom stereocenters. The lowest BCUT2D eigenvalue weighted by Gasteiger charge is -2.42. The van der Waals surface area contributed by atoms with Gasteiger partial charge in [-0.1, -0.05) is 6.92 Å². The van der Waals surface area contributed by atoms with Gasteiger partial charge in [-0.05, 0) is 42.7 Å². The predicted octanol–water partition coefficient (Wildman–Crippen LogP) is 2.39. The Balaban J connectivity index is 1.84. The van der Waals surface area contributed by atoms with Gasteiger partial charge in [-0.25, -0.2) is 14.4 Å². The fourth-order valence-corrected chi connectivity index (χ4v) is 4.80. The van der Waals surface area contributed by atoms with Crippen molar-refractivity contribution in [3.8, 4) is 0 Å². The summed E-state index contributed by atoms with van der Waals surface area (Å²) in [5.74, 6) is -0.420. The summed E-state index contributed by atoms with van der Waals surface area (Å²) in [5.41, 5.74) is 1.96. The second-order valence-electron chi connectivity index (χ2n) is 8.09.